The number of allylic oxidation sites excluding steroid dienone is 3. The molecule has 2 aromatic rings. The second kappa shape index (κ2) is 6.26. The smallest absolute Gasteiger partial charge is 0.192 e. The lowest BCUT2D eigenvalue weighted by atomic mass is 9.72. The predicted molar refractivity (Wildman–Crippen MR) is 113 cm³/mol. The third-order valence-corrected chi connectivity index (χ3v) is 6.33. The number of carbonyl (C=O) groups excluding carboxylic acids is 2. The molecule has 1 atom stereocenters. The van der Waals surface area contributed by atoms with E-state index >= 15 is 0 Å². The van der Waals surface area contributed by atoms with E-state index in [9.17, 15) is 9.59 Å². The maximum Gasteiger partial charge on any atom is 0.192 e. The van der Waals surface area contributed by atoms with Crippen LogP contribution in [-0.2, 0) is 0 Å². The van der Waals surface area contributed by atoms with Crippen molar-refractivity contribution in [3.63, 3.8) is 0 Å². The quantitative estimate of drug-likeness (QED) is 0.717. The Balaban J connectivity index is 1.61. The Morgan fingerprint density at radius 3 is 2.60 bits per heavy atom. The summed E-state index contributed by atoms with van der Waals surface area (Å²) in [5.41, 5.74) is 4.62. The van der Waals surface area contributed by atoms with Gasteiger partial charge >= 0.3 is 0 Å². The van der Waals surface area contributed by atoms with Crippen molar-refractivity contribution < 1.29 is 14.3 Å². The van der Waals surface area contributed by atoms with Gasteiger partial charge in [-0.2, -0.15) is 0 Å². The van der Waals surface area contributed by atoms with Gasteiger partial charge in [-0.1, -0.05) is 30.3 Å². The van der Waals surface area contributed by atoms with Gasteiger partial charge in [0.15, 0.2) is 23.1 Å². The molecule has 4 aliphatic rings. The van der Waals surface area contributed by atoms with Crippen LogP contribution in [-0.4, -0.2) is 35.3 Å². The lowest BCUT2D eigenvalue weighted by molar-refractivity contribution is 0.0906. The van der Waals surface area contributed by atoms with Gasteiger partial charge in [0.25, 0.3) is 0 Å². The Morgan fingerprint density at radius 1 is 1.03 bits per heavy atom. The summed E-state index contributed by atoms with van der Waals surface area (Å²) in [7, 11) is 0. The van der Waals surface area contributed by atoms with Gasteiger partial charge in [0.2, 0.25) is 0 Å². The van der Waals surface area contributed by atoms with Crippen molar-refractivity contribution in [2.45, 2.75) is 19.8 Å². The Hall–Kier alpha value is -3.47. The fraction of sp³-hybridized carbons (Fsp3) is 0.240. The first-order valence-corrected chi connectivity index (χ1v) is 10.4. The molecule has 1 unspecified atom stereocenters. The molecule has 0 aromatic heterocycles. The molecule has 148 valence electrons. The molecule has 30 heavy (non-hydrogen) atoms. The molecular formula is C25H20N2O3. The molecule has 1 saturated heterocycles. The first-order valence-electron chi connectivity index (χ1n) is 10.4. The van der Waals surface area contributed by atoms with E-state index in [4.69, 9.17) is 9.73 Å². The van der Waals surface area contributed by atoms with Gasteiger partial charge in [-0.05, 0) is 37.5 Å². The molecular weight excluding hydrogens is 376 g/mol. The number of ketones is 2. The summed E-state index contributed by atoms with van der Waals surface area (Å²) < 4.78 is 6.23. The van der Waals surface area contributed by atoms with Crippen LogP contribution < -0.4 is 4.74 Å². The maximum atomic E-state index is 13.6. The molecule has 0 radical (unpaired) electrons. The maximum absolute atomic E-state index is 13.6. The van der Waals surface area contributed by atoms with Crippen LogP contribution in [0.5, 0.6) is 5.75 Å². The van der Waals surface area contributed by atoms with E-state index in [1.54, 1.807) is 18.2 Å². The Labute approximate surface area is 174 Å². The van der Waals surface area contributed by atoms with Crippen LogP contribution in [0.4, 0.5) is 5.69 Å². The van der Waals surface area contributed by atoms with Gasteiger partial charge in [-0.15, -0.1) is 0 Å². The van der Waals surface area contributed by atoms with Crippen LogP contribution in [0.3, 0.4) is 0 Å². The molecule has 0 amide bonds. The number of Topliss-reactive ketones (excluding diaryl/α,β-unsaturated/α-hetero) is 2. The number of fused-ring (bicyclic) bond motifs is 5. The van der Waals surface area contributed by atoms with E-state index < -0.39 is 5.92 Å². The number of carbonyl (C=O) groups is 2. The number of aliphatic imine (C=N–C) groups is 1. The van der Waals surface area contributed by atoms with Crippen LogP contribution >= 0.6 is 0 Å². The number of benzene rings is 2. The Morgan fingerprint density at radius 2 is 1.80 bits per heavy atom. The van der Waals surface area contributed by atoms with Crippen LogP contribution in [0.2, 0.25) is 0 Å². The number of ether oxygens (including phenoxy) is 1. The summed E-state index contributed by atoms with van der Waals surface area (Å²) >= 11 is 0. The largest absolute Gasteiger partial charge is 0.453 e. The van der Waals surface area contributed by atoms with Crippen LogP contribution in [0, 0.1) is 12.8 Å². The molecule has 2 aromatic carbocycles. The summed E-state index contributed by atoms with van der Waals surface area (Å²) in [6, 6.07) is 12.9. The van der Waals surface area contributed by atoms with Crippen molar-refractivity contribution >= 4 is 23.0 Å². The highest BCUT2D eigenvalue weighted by Crippen LogP contribution is 2.44. The highest BCUT2D eigenvalue weighted by atomic mass is 16.5. The zero-order valence-corrected chi connectivity index (χ0v) is 16.6. The summed E-state index contributed by atoms with van der Waals surface area (Å²) in [5, 5.41) is 0. The SMILES string of the molecule is Cc1ccc2c(c1)OC1=CC(N3CCCC3)=C3C(=O)c4ccccc4C(=O)C3C1=N2. The summed E-state index contributed by atoms with van der Waals surface area (Å²) in [6.07, 6.45) is 4.07. The number of rotatable bonds is 1. The van der Waals surface area contributed by atoms with Gasteiger partial charge in [-0.25, -0.2) is 4.99 Å². The monoisotopic (exact) mass is 396 g/mol. The van der Waals surface area contributed by atoms with Crippen molar-refractivity contribution in [3.05, 3.63) is 82.3 Å². The van der Waals surface area contributed by atoms with Crippen LogP contribution in [0.15, 0.2) is 70.6 Å². The average molecular weight is 396 g/mol. The van der Waals surface area contributed by atoms with E-state index in [0.717, 1.165) is 37.2 Å². The number of aryl methyl sites for hydroxylation is 1. The number of likely N-dealkylation sites (tertiary alicyclic amines) is 1. The molecule has 0 spiro atoms. The zero-order chi connectivity index (χ0) is 20.4. The summed E-state index contributed by atoms with van der Waals surface area (Å²) in [5.74, 6) is 0.371. The summed E-state index contributed by atoms with van der Waals surface area (Å²) in [6.45, 7) is 3.76. The summed E-state index contributed by atoms with van der Waals surface area (Å²) in [4.78, 5) is 34.2. The van der Waals surface area contributed by atoms with Crippen molar-refractivity contribution in [1.29, 1.82) is 0 Å². The molecule has 0 saturated carbocycles. The van der Waals surface area contributed by atoms with Crippen LogP contribution in [0.1, 0.15) is 39.1 Å². The van der Waals surface area contributed by atoms with Crippen molar-refractivity contribution in [2.24, 2.45) is 10.9 Å². The molecule has 5 heteroatoms. The van der Waals surface area contributed by atoms with Gasteiger partial charge < -0.3 is 9.64 Å². The highest BCUT2D eigenvalue weighted by Gasteiger charge is 2.47. The van der Waals surface area contributed by atoms with Gasteiger partial charge in [0.05, 0.1) is 11.6 Å². The van der Waals surface area contributed by atoms with E-state index in [-0.39, 0.29) is 11.6 Å². The van der Waals surface area contributed by atoms with E-state index in [0.29, 0.717) is 39.6 Å². The van der Waals surface area contributed by atoms with E-state index in [1.165, 1.54) is 0 Å². The predicted octanol–water partition coefficient (Wildman–Crippen LogP) is 4.40. The second-order valence-corrected chi connectivity index (χ2v) is 8.24. The fourth-order valence-electron chi connectivity index (χ4n) is 4.87. The highest BCUT2D eigenvalue weighted by molar-refractivity contribution is 6.33. The normalized spacial score (nSPS) is 21.9. The lowest BCUT2D eigenvalue weighted by Crippen LogP contribution is -2.42. The van der Waals surface area contributed by atoms with Gasteiger partial charge in [-0.3, -0.25) is 9.59 Å². The number of hydrogen-bond acceptors (Lipinski definition) is 5. The molecule has 5 nitrogen and oxygen atoms in total. The van der Waals surface area contributed by atoms with Gasteiger partial charge in [0.1, 0.15) is 5.69 Å². The van der Waals surface area contributed by atoms with E-state index in [1.807, 2.05) is 37.3 Å². The molecule has 1 fully saturated rings. The van der Waals surface area contributed by atoms with Crippen molar-refractivity contribution in [1.82, 2.24) is 4.90 Å². The average Bonchev–Trinajstić information content (AvgIpc) is 3.30. The fourth-order valence-corrected chi connectivity index (χ4v) is 4.87. The minimum absolute atomic E-state index is 0.0789. The molecule has 2 heterocycles. The second-order valence-electron chi connectivity index (χ2n) is 8.24. The number of hydrogen-bond donors (Lipinski definition) is 0. The van der Waals surface area contributed by atoms with Crippen LogP contribution in [0.25, 0.3) is 0 Å². The lowest BCUT2D eigenvalue weighted by Gasteiger charge is -2.36. The third-order valence-electron chi connectivity index (χ3n) is 6.33. The Kier molecular flexibility index (Phi) is 3.63. The standard InChI is InChI=1S/C25H20N2O3/c1-14-8-9-17-19(12-14)30-20-13-18(27-10-4-5-11-27)21-22(23(20)26-17)25(29)16-7-3-2-6-15(16)24(21)28/h2-3,6-9,12-13,22H,4-5,10-11H2,1H3. The first-order chi connectivity index (χ1) is 14.6. The van der Waals surface area contributed by atoms with Gasteiger partial charge in [0, 0.05) is 41.6 Å². The van der Waals surface area contributed by atoms with Crippen molar-refractivity contribution in [3.8, 4) is 5.75 Å². The molecule has 2 aliphatic carbocycles. The number of nitrogens with zero attached hydrogens (tertiary/aromatic N) is 2. The Bertz CT molecular complexity index is 1230. The van der Waals surface area contributed by atoms with Crippen molar-refractivity contribution in [2.75, 3.05) is 13.1 Å². The zero-order valence-electron chi connectivity index (χ0n) is 16.6. The minimum atomic E-state index is -0.725. The minimum Gasteiger partial charge on any atom is -0.453 e. The first kappa shape index (κ1) is 17.4. The molecule has 0 bridgehead atoms. The van der Waals surface area contributed by atoms with E-state index in [2.05, 4.69) is 4.90 Å². The molecule has 2 aliphatic heterocycles. The molecule has 0 N–H and O–H groups in total. The molecule has 6 rings (SSSR count). The third kappa shape index (κ3) is 2.38. The topological polar surface area (TPSA) is 59.0 Å².